The number of carbonyl (C=O) groups is 1. The summed E-state index contributed by atoms with van der Waals surface area (Å²) in [5.41, 5.74) is 2.37. The Hall–Kier alpha value is -2.09. The van der Waals surface area contributed by atoms with Gasteiger partial charge in [0.05, 0.1) is 0 Å². The number of carbonyl (C=O) groups excluding carboxylic acids is 1. The van der Waals surface area contributed by atoms with E-state index in [1.165, 1.54) is 0 Å². The molecule has 2 heteroatoms. The van der Waals surface area contributed by atoms with E-state index >= 15 is 0 Å². The quantitative estimate of drug-likeness (QED) is 0.439. The van der Waals surface area contributed by atoms with Crippen molar-refractivity contribution in [1.29, 1.82) is 0 Å². The molecule has 0 unspecified atom stereocenters. The summed E-state index contributed by atoms with van der Waals surface area (Å²) >= 11 is 0. The van der Waals surface area contributed by atoms with E-state index in [0.29, 0.717) is 5.56 Å². The standard InChI is InChI=1S/C15H11BO/c16-14-9-6-12(7-10-14)8-11-15(17)13-4-2-1-3-5-13/h1-11H. The van der Waals surface area contributed by atoms with Crippen molar-refractivity contribution in [2.75, 3.05) is 0 Å². The first kappa shape index (κ1) is 11.4. The number of benzene rings is 2. The molecule has 0 aromatic heterocycles. The summed E-state index contributed by atoms with van der Waals surface area (Å²) in [5, 5.41) is 0. The molecule has 0 fully saturated rings. The van der Waals surface area contributed by atoms with Gasteiger partial charge in [0, 0.05) is 5.56 Å². The molecule has 0 saturated heterocycles. The second kappa shape index (κ2) is 5.31. The monoisotopic (exact) mass is 218 g/mol. The highest BCUT2D eigenvalue weighted by Gasteiger charge is 1.98. The first-order valence-electron chi connectivity index (χ1n) is 5.39. The molecule has 80 valence electrons. The van der Waals surface area contributed by atoms with Gasteiger partial charge in [-0.2, -0.15) is 0 Å². The zero-order chi connectivity index (χ0) is 12.1. The number of hydrogen-bond acceptors (Lipinski definition) is 1. The predicted octanol–water partition coefficient (Wildman–Crippen LogP) is 2.38. The highest BCUT2D eigenvalue weighted by molar-refractivity contribution is 6.32. The Morgan fingerprint density at radius 2 is 1.59 bits per heavy atom. The number of allylic oxidation sites excluding steroid dienone is 1. The largest absolute Gasteiger partial charge is 0.289 e. The van der Waals surface area contributed by atoms with Crippen LogP contribution in [0.15, 0.2) is 60.7 Å². The van der Waals surface area contributed by atoms with Crippen LogP contribution >= 0.6 is 0 Å². The van der Waals surface area contributed by atoms with Gasteiger partial charge in [-0.25, -0.2) is 0 Å². The SMILES string of the molecule is [B]c1ccc(C=CC(=O)c2ccccc2)cc1. The topological polar surface area (TPSA) is 17.1 Å². The third-order valence-electron chi connectivity index (χ3n) is 2.42. The molecular formula is C15H11BO. The molecular weight excluding hydrogens is 207 g/mol. The Bertz CT molecular complexity index is 527. The molecule has 2 aromatic rings. The predicted molar refractivity (Wildman–Crippen MR) is 71.6 cm³/mol. The maximum absolute atomic E-state index is 11.8. The van der Waals surface area contributed by atoms with Crippen LogP contribution < -0.4 is 5.46 Å². The van der Waals surface area contributed by atoms with Gasteiger partial charge in [0.1, 0.15) is 7.85 Å². The molecule has 0 atom stereocenters. The number of rotatable bonds is 3. The van der Waals surface area contributed by atoms with Crippen LogP contribution in [0.1, 0.15) is 15.9 Å². The average Bonchev–Trinajstić information content (AvgIpc) is 2.39. The van der Waals surface area contributed by atoms with Crippen molar-refractivity contribution >= 4 is 25.2 Å². The molecule has 17 heavy (non-hydrogen) atoms. The average molecular weight is 218 g/mol. The second-order valence-corrected chi connectivity index (χ2v) is 3.73. The van der Waals surface area contributed by atoms with Crippen LogP contribution in [0.2, 0.25) is 0 Å². The Kier molecular flexibility index (Phi) is 3.56. The maximum atomic E-state index is 11.8. The Labute approximate surface area is 102 Å². The second-order valence-electron chi connectivity index (χ2n) is 3.73. The lowest BCUT2D eigenvalue weighted by atomic mass is 9.95. The van der Waals surface area contributed by atoms with Crippen LogP contribution in [0.3, 0.4) is 0 Å². The number of hydrogen-bond donors (Lipinski definition) is 0. The molecule has 0 amide bonds. The van der Waals surface area contributed by atoms with E-state index < -0.39 is 0 Å². The zero-order valence-electron chi connectivity index (χ0n) is 9.34. The molecule has 0 heterocycles. The van der Waals surface area contributed by atoms with Crippen LogP contribution in [0.4, 0.5) is 0 Å². The fourth-order valence-electron chi connectivity index (χ4n) is 1.48. The summed E-state index contributed by atoms with van der Waals surface area (Å²) in [5.74, 6) is 0.00225. The maximum Gasteiger partial charge on any atom is 0.185 e. The van der Waals surface area contributed by atoms with E-state index in [1.54, 1.807) is 24.3 Å². The molecule has 0 aliphatic heterocycles. The van der Waals surface area contributed by atoms with Gasteiger partial charge >= 0.3 is 0 Å². The van der Waals surface area contributed by atoms with Gasteiger partial charge in [0.15, 0.2) is 5.78 Å². The van der Waals surface area contributed by atoms with E-state index in [0.717, 1.165) is 11.0 Å². The van der Waals surface area contributed by atoms with E-state index in [-0.39, 0.29) is 5.78 Å². The van der Waals surface area contributed by atoms with E-state index in [1.807, 2.05) is 42.5 Å². The summed E-state index contributed by atoms with van der Waals surface area (Å²) in [7, 11) is 5.58. The number of ketones is 1. The van der Waals surface area contributed by atoms with Crippen molar-refractivity contribution in [2.24, 2.45) is 0 Å². The summed E-state index contributed by atoms with van der Waals surface area (Å²) in [4.78, 5) is 11.8. The highest BCUT2D eigenvalue weighted by atomic mass is 16.1. The molecule has 0 aliphatic rings. The van der Waals surface area contributed by atoms with Gasteiger partial charge in [-0.05, 0) is 11.6 Å². The van der Waals surface area contributed by atoms with Gasteiger partial charge in [-0.15, -0.1) is 0 Å². The first-order valence-corrected chi connectivity index (χ1v) is 5.39. The van der Waals surface area contributed by atoms with E-state index in [4.69, 9.17) is 7.85 Å². The van der Waals surface area contributed by atoms with Crippen molar-refractivity contribution in [3.63, 3.8) is 0 Å². The lowest BCUT2D eigenvalue weighted by Crippen LogP contribution is -1.99. The van der Waals surface area contributed by atoms with Gasteiger partial charge in [-0.3, -0.25) is 4.79 Å². The third-order valence-corrected chi connectivity index (χ3v) is 2.42. The highest BCUT2D eigenvalue weighted by Crippen LogP contribution is 2.04. The van der Waals surface area contributed by atoms with E-state index in [9.17, 15) is 4.79 Å². The smallest absolute Gasteiger partial charge is 0.185 e. The molecule has 0 spiro atoms. The molecule has 0 N–H and O–H groups in total. The molecule has 2 radical (unpaired) electrons. The Morgan fingerprint density at radius 1 is 0.941 bits per heavy atom. The van der Waals surface area contributed by atoms with Crippen molar-refractivity contribution in [3.8, 4) is 0 Å². The molecule has 1 nitrogen and oxygen atoms in total. The van der Waals surface area contributed by atoms with Crippen molar-refractivity contribution in [2.45, 2.75) is 0 Å². The molecule has 0 saturated carbocycles. The Balaban J connectivity index is 2.11. The minimum atomic E-state index is 0.00225. The molecule has 0 aliphatic carbocycles. The van der Waals surface area contributed by atoms with Crippen LogP contribution in [0.25, 0.3) is 6.08 Å². The van der Waals surface area contributed by atoms with E-state index in [2.05, 4.69) is 0 Å². The third kappa shape index (κ3) is 3.18. The van der Waals surface area contributed by atoms with Crippen molar-refractivity contribution < 1.29 is 4.79 Å². The summed E-state index contributed by atoms with van der Waals surface area (Å²) in [6.07, 6.45) is 3.36. The van der Waals surface area contributed by atoms with Crippen LogP contribution in [-0.4, -0.2) is 13.6 Å². The minimum Gasteiger partial charge on any atom is -0.289 e. The molecule has 0 bridgehead atoms. The molecule has 2 aromatic carbocycles. The first-order chi connectivity index (χ1) is 8.25. The normalized spacial score (nSPS) is 10.6. The Morgan fingerprint density at radius 3 is 2.24 bits per heavy atom. The van der Waals surface area contributed by atoms with Crippen LogP contribution in [0, 0.1) is 0 Å². The van der Waals surface area contributed by atoms with Crippen LogP contribution in [0.5, 0.6) is 0 Å². The van der Waals surface area contributed by atoms with Gasteiger partial charge in [0.2, 0.25) is 0 Å². The summed E-state index contributed by atoms with van der Waals surface area (Å²) in [6, 6.07) is 16.6. The van der Waals surface area contributed by atoms with Gasteiger partial charge in [0.25, 0.3) is 0 Å². The zero-order valence-corrected chi connectivity index (χ0v) is 9.34. The minimum absolute atomic E-state index is 0.00225. The lowest BCUT2D eigenvalue weighted by Gasteiger charge is -1.96. The van der Waals surface area contributed by atoms with Gasteiger partial charge < -0.3 is 0 Å². The lowest BCUT2D eigenvalue weighted by molar-refractivity contribution is 0.104. The molecule has 2 rings (SSSR count). The van der Waals surface area contributed by atoms with Crippen LogP contribution in [-0.2, 0) is 0 Å². The van der Waals surface area contributed by atoms with Gasteiger partial charge in [-0.1, -0.05) is 66.1 Å². The summed E-state index contributed by atoms with van der Waals surface area (Å²) < 4.78 is 0. The van der Waals surface area contributed by atoms with Crippen molar-refractivity contribution in [1.82, 2.24) is 0 Å². The van der Waals surface area contributed by atoms with Crippen molar-refractivity contribution in [3.05, 3.63) is 71.8 Å². The fourth-order valence-corrected chi connectivity index (χ4v) is 1.48. The summed E-state index contributed by atoms with van der Waals surface area (Å²) in [6.45, 7) is 0. The fraction of sp³-hybridized carbons (Fsp3) is 0.